The Morgan fingerprint density at radius 3 is 2.07 bits per heavy atom. The summed E-state index contributed by atoms with van der Waals surface area (Å²) in [6.45, 7) is 19.5. The van der Waals surface area contributed by atoms with Gasteiger partial charge >= 0.3 is 0 Å². The Balaban J connectivity index is 2.01. The van der Waals surface area contributed by atoms with Crippen molar-refractivity contribution in [1.29, 1.82) is 0 Å². The molecular formula is C35H52N2O5S. The maximum Gasteiger partial charge on any atom is 0.231 e. The van der Waals surface area contributed by atoms with E-state index in [1.54, 1.807) is 18.2 Å². The summed E-state index contributed by atoms with van der Waals surface area (Å²) in [5.74, 6) is 1.36. The predicted molar refractivity (Wildman–Crippen MR) is 180 cm³/mol. The van der Waals surface area contributed by atoms with E-state index in [9.17, 15) is 14.4 Å². The Morgan fingerprint density at radius 2 is 1.47 bits per heavy atom. The van der Waals surface area contributed by atoms with Crippen LogP contribution in [0.1, 0.15) is 106 Å². The van der Waals surface area contributed by atoms with E-state index in [0.717, 1.165) is 24.3 Å². The lowest BCUT2D eigenvalue weighted by Crippen LogP contribution is -2.31. The number of methoxy groups -OCH3 is 1. The lowest BCUT2D eigenvalue weighted by atomic mass is 9.76. The Labute approximate surface area is 263 Å². The van der Waals surface area contributed by atoms with Crippen LogP contribution in [0.25, 0.3) is 0 Å². The van der Waals surface area contributed by atoms with Gasteiger partial charge in [0.15, 0.2) is 5.78 Å². The molecule has 0 atom stereocenters. The highest BCUT2D eigenvalue weighted by Gasteiger charge is 2.29. The first-order valence-electron chi connectivity index (χ1n) is 15.3. The van der Waals surface area contributed by atoms with Crippen molar-refractivity contribution in [3.05, 3.63) is 47.5 Å². The number of Topliss-reactive ketones (excluding diaryl/α,β-unsaturated/α-hetero) is 1. The maximum atomic E-state index is 12.8. The molecule has 0 aliphatic carbocycles. The summed E-state index contributed by atoms with van der Waals surface area (Å²) in [4.78, 5) is 38.0. The highest BCUT2D eigenvalue weighted by molar-refractivity contribution is 8.01. The van der Waals surface area contributed by atoms with E-state index in [1.165, 1.54) is 30.0 Å². The lowest BCUT2D eigenvalue weighted by Gasteiger charge is -2.30. The monoisotopic (exact) mass is 612 g/mol. The number of anilines is 2. The van der Waals surface area contributed by atoms with E-state index < -0.39 is 10.7 Å². The number of nitrogens with one attached hydrogen (secondary N) is 2. The van der Waals surface area contributed by atoms with Crippen molar-refractivity contribution < 1.29 is 23.9 Å². The van der Waals surface area contributed by atoms with E-state index in [-0.39, 0.29) is 35.4 Å². The van der Waals surface area contributed by atoms with Crippen molar-refractivity contribution in [2.24, 2.45) is 0 Å². The fourth-order valence-corrected chi connectivity index (χ4v) is 5.47. The third-order valence-electron chi connectivity index (χ3n) is 8.32. The van der Waals surface area contributed by atoms with Crippen LogP contribution in [0.5, 0.6) is 11.5 Å². The lowest BCUT2D eigenvalue weighted by molar-refractivity contribution is -0.126. The molecule has 0 bridgehead atoms. The minimum absolute atomic E-state index is 0.0357. The smallest absolute Gasteiger partial charge is 0.231 e. The van der Waals surface area contributed by atoms with Crippen molar-refractivity contribution >= 4 is 40.7 Å². The molecule has 0 aliphatic heterocycles. The average Bonchev–Trinajstić information content (AvgIpc) is 2.95. The first kappa shape index (κ1) is 36.2. The molecule has 0 aromatic heterocycles. The van der Waals surface area contributed by atoms with Crippen molar-refractivity contribution in [3.8, 4) is 11.5 Å². The summed E-state index contributed by atoms with van der Waals surface area (Å²) in [6, 6.07) is 11.5. The van der Waals surface area contributed by atoms with E-state index in [0.29, 0.717) is 30.2 Å². The number of hydrogen-bond acceptors (Lipinski definition) is 6. The fraction of sp³-hybridized carbons (Fsp3) is 0.571. The summed E-state index contributed by atoms with van der Waals surface area (Å²) in [6.07, 6.45) is 2.62. The third-order valence-corrected chi connectivity index (χ3v) is 9.56. The number of ether oxygens (including phenoxy) is 2. The number of amides is 2. The molecule has 2 aromatic carbocycles. The summed E-state index contributed by atoms with van der Waals surface area (Å²) in [5.41, 5.74) is 3.47. The quantitative estimate of drug-likeness (QED) is 0.138. The number of hydrogen-bond donors (Lipinski definition) is 2. The Hall–Kier alpha value is -3.00. The van der Waals surface area contributed by atoms with Crippen LogP contribution in [0.2, 0.25) is 0 Å². The normalized spacial score (nSPS) is 12.0. The van der Waals surface area contributed by atoms with E-state index in [2.05, 4.69) is 70.4 Å². The summed E-state index contributed by atoms with van der Waals surface area (Å²) in [7, 11) is 1.50. The SMILES string of the molecule is CCSC(C)(C)C(=O)CC(=O)Nc1cc(NC(=O)CCCOc2ccc(C(C)(C)CC)cc2C(C)(C)CC)ccc1OC. The first-order chi connectivity index (χ1) is 20.1. The molecule has 43 heavy (non-hydrogen) atoms. The Kier molecular flexibility index (Phi) is 13.2. The van der Waals surface area contributed by atoms with Crippen LogP contribution in [0.4, 0.5) is 11.4 Å². The highest BCUT2D eigenvalue weighted by Crippen LogP contribution is 2.38. The van der Waals surface area contributed by atoms with Crippen LogP contribution in [-0.2, 0) is 25.2 Å². The van der Waals surface area contributed by atoms with Crippen LogP contribution in [0.3, 0.4) is 0 Å². The van der Waals surface area contributed by atoms with Gasteiger partial charge in [-0.3, -0.25) is 14.4 Å². The van der Waals surface area contributed by atoms with Crippen LogP contribution in [0.15, 0.2) is 36.4 Å². The van der Waals surface area contributed by atoms with Crippen molar-refractivity contribution in [1.82, 2.24) is 0 Å². The minimum Gasteiger partial charge on any atom is -0.495 e. The zero-order valence-corrected chi connectivity index (χ0v) is 28.7. The molecule has 0 aliphatic rings. The topological polar surface area (TPSA) is 93.7 Å². The first-order valence-corrected chi connectivity index (χ1v) is 16.3. The molecule has 2 N–H and O–H groups in total. The molecular weight excluding hydrogens is 560 g/mol. The van der Waals surface area contributed by atoms with Gasteiger partial charge in [0.2, 0.25) is 11.8 Å². The molecule has 8 heteroatoms. The predicted octanol–water partition coefficient (Wildman–Crippen LogP) is 8.30. The van der Waals surface area contributed by atoms with Crippen molar-refractivity contribution in [2.75, 3.05) is 30.1 Å². The van der Waals surface area contributed by atoms with Gasteiger partial charge in [-0.1, -0.05) is 60.6 Å². The maximum absolute atomic E-state index is 12.8. The van der Waals surface area contributed by atoms with Crippen molar-refractivity contribution in [2.45, 2.75) is 110 Å². The number of benzene rings is 2. The number of carbonyl (C=O) groups excluding carboxylic acids is 3. The molecule has 0 saturated heterocycles. The van der Waals surface area contributed by atoms with Crippen LogP contribution in [-0.4, -0.2) is 41.8 Å². The van der Waals surface area contributed by atoms with Gasteiger partial charge in [-0.2, -0.15) is 0 Å². The molecule has 0 heterocycles. The molecule has 2 rings (SSSR count). The van der Waals surface area contributed by atoms with Gasteiger partial charge in [0, 0.05) is 17.7 Å². The molecule has 2 aromatic rings. The van der Waals surface area contributed by atoms with Gasteiger partial charge in [-0.25, -0.2) is 0 Å². The summed E-state index contributed by atoms with van der Waals surface area (Å²) >= 11 is 1.51. The van der Waals surface area contributed by atoms with Gasteiger partial charge in [-0.05, 0) is 79.5 Å². The second-order valence-corrected chi connectivity index (χ2v) is 14.6. The molecule has 0 fully saturated rings. The van der Waals surface area contributed by atoms with Crippen molar-refractivity contribution in [3.63, 3.8) is 0 Å². The molecule has 7 nitrogen and oxygen atoms in total. The fourth-order valence-electron chi connectivity index (χ4n) is 4.52. The largest absolute Gasteiger partial charge is 0.495 e. The number of rotatable bonds is 17. The van der Waals surface area contributed by atoms with Gasteiger partial charge in [0.05, 0.1) is 30.6 Å². The number of thioether (sulfide) groups is 1. The third kappa shape index (κ3) is 10.3. The van der Waals surface area contributed by atoms with Gasteiger partial charge in [0.1, 0.15) is 11.5 Å². The molecule has 0 radical (unpaired) electrons. The number of carbonyl (C=O) groups is 3. The van der Waals surface area contributed by atoms with Crippen LogP contribution >= 0.6 is 11.8 Å². The van der Waals surface area contributed by atoms with Crippen LogP contribution in [0, 0.1) is 0 Å². The molecule has 0 unspecified atom stereocenters. The molecule has 0 saturated carbocycles. The highest BCUT2D eigenvalue weighted by atomic mass is 32.2. The average molecular weight is 613 g/mol. The zero-order valence-electron chi connectivity index (χ0n) is 27.9. The van der Waals surface area contributed by atoms with Crippen LogP contribution < -0.4 is 20.1 Å². The molecule has 0 spiro atoms. The molecule has 2 amide bonds. The second kappa shape index (κ2) is 15.6. The summed E-state index contributed by atoms with van der Waals surface area (Å²) < 4.78 is 11.0. The molecule has 238 valence electrons. The zero-order chi connectivity index (χ0) is 32.4. The minimum atomic E-state index is -0.640. The number of ketones is 1. The Morgan fingerprint density at radius 1 is 0.814 bits per heavy atom. The van der Waals surface area contributed by atoms with Gasteiger partial charge in [-0.15, -0.1) is 11.8 Å². The summed E-state index contributed by atoms with van der Waals surface area (Å²) in [5, 5.41) is 5.66. The van der Waals surface area contributed by atoms with Gasteiger partial charge < -0.3 is 20.1 Å². The van der Waals surface area contributed by atoms with E-state index >= 15 is 0 Å². The standard InChI is InChI=1S/C35H52N2O5S/c1-11-33(4,5)24-16-18-28(26(21-24)34(6,7)12-2)42-20-14-15-31(39)36-25-17-19-29(41-10)27(22-25)37-32(40)23-30(38)35(8,9)43-13-3/h16-19,21-22H,11-15,20,23H2,1-10H3,(H,36,39)(H,37,40). The Bertz CT molecular complexity index is 1270. The van der Waals surface area contributed by atoms with Gasteiger partial charge in [0.25, 0.3) is 0 Å². The second-order valence-electron chi connectivity index (χ2n) is 12.7. The van der Waals surface area contributed by atoms with E-state index in [1.807, 2.05) is 20.8 Å². The van der Waals surface area contributed by atoms with E-state index in [4.69, 9.17) is 9.47 Å².